The van der Waals surface area contributed by atoms with Crippen molar-refractivity contribution in [1.29, 1.82) is 0 Å². The van der Waals surface area contributed by atoms with Gasteiger partial charge in [0.15, 0.2) is 5.82 Å². The van der Waals surface area contributed by atoms with E-state index >= 15 is 0 Å². The van der Waals surface area contributed by atoms with E-state index in [4.69, 9.17) is 14.7 Å². The van der Waals surface area contributed by atoms with Gasteiger partial charge in [-0.3, -0.25) is 4.79 Å². The maximum Gasteiger partial charge on any atom is 0.320 e. The molecule has 2 aromatic rings. The van der Waals surface area contributed by atoms with Crippen LogP contribution in [0.15, 0.2) is 12.2 Å². The van der Waals surface area contributed by atoms with Gasteiger partial charge in [-0.2, -0.15) is 0 Å². The van der Waals surface area contributed by atoms with Gasteiger partial charge in [0, 0.05) is 25.2 Å². The van der Waals surface area contributed by atoms with E-state index in [0.717, 1.165) is 65.6 Å². The summed E-state index contributed by atoms with van der Waals surface area (Å²) in [5.74, 6) is 1.65. The Morgan fingerprint density at radius 3 is 2.53 bits per heavy atom. The zero-order chi connectivity index (χ0) is 23.7. The predicted octanol–water partition coefficient (Wildman–Crippen LogP) is 2.90. The van der Waals surface area contributed by atoms with Gasteiger partial charge in [0.2, 0.25) is 0 Å². The topological polar surface area (TPSA) is 81.1 Å². The molecule has 2 rings (SSSR count). The maximum absolute atomic E-state index is 11.8. The molecule has 7 nitrogen and oxygen atoms in total. The number of aryl methyl sites for hydroxylation is 2. The van der Waals surface area contributed by atoms with Gasteiger partial charge < -0.3 is 19.9 Å². The molecule has 0 unspecified atom stereocenters. The highest BCUT2D eigenvalue weighted by atomic mass is 16.6. The number of unbranched alkanes of at least 4 members (excludes halogenated alkanes) is 1. The Balaban J connectivity index is 2.22. The van der Waals surface area contributed by atoms with E-state index in [0.29, 0.717) is 0 Å². The molecule has 0 spiro atoms. The van der Waals surface area contributed by atoms with E-state index in [2.05, 4.69) is 28.2 Å². The minimum Gasteiger partial charge on any atom is -0.459 e. The highest BCUT2D eigenvalue weighted by Crippen LogP contribution is 2.19. The number of nitrogens with one attached hydrogen (secondary N) is 2. The number of allylic oxidation sites excluding steroid dienone is 2. The number of hydrogen-bond acceptors (Lipinski definition) is 6. The number of fused-ring (bicyclic) bond motifs is 1. The first-order valence-electron chi connectivity index (χ1n) is 11.5. The Labute approximate surface area is 191 Å². The fraction of sp³-hybridized carbons (Fsp3) is 0.560. The number of pyridine rings is 1. The second-order valence-electron chi connectivity index (χ2n) is 8.69. The third-order valence-corrected chi connectivity index (χ3v) is 4.99. The second kappa shape index (κ2) is 11.8. The number of hydrogen-bond donors (Lipinski definition) is 2. The van der Waals surface area contributed by atoms with Crippen LogP contribution in [0.4, 0.5) is 5.82 Å². The largest absolute Gasteiger partial charge is 0.459 e. The molecular formula is C25H39N5O2. The van der Waals surface area contributed by atoms with E-state index in [9.17, 15) is 4.79 Å². The zero-order valence-electron chi connectivity index (χ0n) is 20.7. The van der Waals surface area contributed by atoms with Gasteiger partial charge in [0.05, 0.1) is 17.4 Å². The summed E-state index contributed by atoms with van der Waals surface area (Å²) in [4.78, 5) is 21.5. The average Bonchev–Trinajstić information content (AvgIpc) is 3.11. The minimum atomic E-state index is -0.449. The molecule has 0 aliphatic heterocycles. The Morgan fingerprint density at radius 1 is 1.19 bits per heavy atom. The Bertz CT molecular complexity index is 1060. The normalized spacial score (nSPS) is 13.5. The van der Waals surface area contributed by atoms with E-state index in [-0.39, 0.29) is 12.5 Å². The van der Waals surface area contributed by atoms with Gasteiger partial charge >= 0.3 is 5.97 Å². The smallest absolute Gasteiger partial charge is 0.320 e. The van der Waals surface area contributed by atoms with Gasteiger partial charge in [0.25, 0.3) is 0 Å². The van der Waals surface area contributed by atoms with Crippen molar-refractivity contribution < 1.29 is 9.53 Å². The van der Waals surface area contributed by atoms with Crippen LogP contribution in [-0.2, 0) is 22.5 Å². The van der Waals surface area contributed by atoms with Crippen LogP contribution in [-0.4, -0.2) is 46.2 Å². The molecule has 2 N–H and O–H groups in total. The molecule has 0 saturated heterocycles. The lowest BCUT2D eigenvalue weighted by molar-refractivity contribution is -0.153. The van der Waals surface area contributed by atoms with Crippen molar-refractivity contribution in [2.45, 2.75) is 73.0 Å². The Morgan fingerprint density at radius 2 is 1.94 bits per heavy atom. The van der Waals surface area contributed by atoms with Gasteiger partial charge in [-0.1, -0.05) is 31.2 Å². The molecule has 0 aliphatic rings. The predicted molar refractivity (Wildman–Crippen MR) is 133 cm³/mol. The molecule has 0 atom stereocenters. The molecule has 0 amide bonds. The van der Waals surface area contributed by atoms with Crippen molar-refractivity contribution >= 4 is 35.0 Å². The summed E-state index contributed by atoms with van der Waals surface area (Å²) in [5.41, 5.74) is 1.58. The average molecular weight is 442 g/mol. The molecule has 0 saturated carbocycles. The number of nitrogens with zero attached hydrogens (tertiary/aromatic N) is 3. The Hall–Kier alpha value is -2.67. The first kappa shape index (κ1) is 25.6. The number of rotatable bonds is 10. The molecule has 176 valence electrons. The summed E-state index contributed by atoms with van der Waals surface area (Å²) >= 11 is 0. The molecule has 0 radical (unpaired) electrons. The number of imidazole rings is 1. The lowest BCUT2D eigenvalue weighted by Gasteiger charge is -2.19. The molecule has 0 fully saturated rings. The third-order valence-electron chi connectivity index (χ3n) is 4.99. The number of aromatic nitrogens is 3. The third kappa shape index (κ3) is 6.66. The van der Waals surface area contributed by atoms with Crippen LogP contribution in [0.3, 0.4) is 0 Å². The van der Waals surface area contributed by atoms with Crippen LogP contribution in [0.5, 0.6) is 0 Å². The van der Waals surface area contributed by atoms with E-state index in [1.165, 1.54) is 0 Å². The van der Waals surface area contributed by atoms with E-state index < -0.39 is 5.60 Å². The highest BCUT2D eigenvalue weighted by molar-refractivity contribution is 5.87. The molecular weight excluding hydrogens is 402 g/mol. The highest BCUT2D eigenvalue weighted by Gasteiger charge is 2.16. The zero-order valence-corrected chi connectivity index (χ0v) is 20.7. The minimum absolute atomic E-state index is 0.217. The quantitative estimate of drug-likeness (QED) is 0.436. The molecule has 2 heterocycles. The number of ether oxygens (including phenoxy) is 1. The van der Waals surface area contributed by atoms with Gasteiger partial charge in [-0.15, -0.1) is 0 Å². The summed E-state index contributed by atoms with van der Waals surface area (Å²) < 4.78 is 7.66. The van der Waals surface area contributed by atoms with Crippen molar-refractivity contribution in [3.05, 3.63) is 28.5 Å². The van der Waals surface area contributed by atoms with Crippen molar-refractivity contribution in [1.82, 2.24) is 19.9 Å². The van der Waals surface area contributed by atoms with Crippen LogP contribution in [0, 0.1) is 0 Å². The van der Waals surface area contributed by atoms with Gasteiger partial charge in [-0.25, -0.2) is 9.97 Å². The first-order chi connectivity index (χ1) is 15.3. The van der Waals surface area contributed by atoms with E-state index in [1.54, 1.807) is 0 Å². The number of esters is 1. The summed E-state index contributed by atoms with van der Waals surface area (Å²) in [6.45, 7) is 13.7. The summed E-state index contributed by atoms with van der Waals surface area (Å²) in [5, 5.41) is 8.44. The fourth-order valence-corrected chi connectivity index (χ4v) is 3.64. The van der Waals surface area contributed by atoms with Crippen molar-refractivity contribution in [2.24, 2.45) is 0 Å². The van der Waals surface area contributed by atoms with E-state index in [1.807, 2.05) is 59.9 Å². The molecule has 2 aromatic heterocycles. The molecule has 0 aliphatic carbocycles. The van der Waals surface area contributed by atoms with Crippen LogP contribution in [0.25, 0.3) is 23.2 Å². The summed E-state index contributed by atoms with van der Waals surface area (Å²) in [6.07, 6.45) is 11.0. The SMILES string of the molecule is C\C=C/C=c1\c(=C/C)nc(NC)c2nc(CC)n(CCCCNCC(=O)OC(C)(C)C)c12. The Kier molecular flexibility index (Phi) is 9.44. The number of carbonyl (C=O) groups is 1. The molecule has 0 bridgehead atoms. The van der Waals surface area contributed by atoms with Gasteiger partial charge in [0.1, 0.15) is 16.9 Å². The van der Waals surface area contributed by atoms with Crippen molar-refractivity contribution in [3.63, 3.8) is 0 Å². The number of carbonyl (C=O) groups excluding carboxylic acids is 1. The second-order valence-corrected chi connectivity index (χ2v) is 8.69. The summed E-state index contributed by atoms with van der Waals surface area (Å²) in [7, 11) is 1.89. The lowest BCUT2D eigenvalue weighted by Crippen LogP contribution is -2.32. The summed E-state index contributed by atoms with van der Waals surface area (Å²) in [6, 6.07) is 0. The van der Waals surface area contributed by atoms with Crippen LogP contribution < -0.4 is 21.2 Å². The fourth-order valence-electron chi connectivity index (χ4n) is 3.64. The van der Waals surface area contributed by atoms with Crippen LogP contribution in [0.2, 0.25) is 0 Å². The van der Waals surface area contributed by atoms with Crippen LogP contribution >= 0.6 is 0 Å². The number of anilines is 1. The maximum atomic E-state index is 11.8. The lowest BCUT2D eigenvalue weighted by atomic mass is 10.2. The molecule has 7 heteroatoms. The monoisotopic (exact) mass is 441 g/mol. The van der Waals surface area contributed by atoms with Crippen molar-refractivity contribution in [2.75, 3.05) is 25.5 Å². The molecule has 32 heavy (non-hydrogen) atoms. The van der Waals surface area contributed by atoms with Crippen molar-refractivity contribution in [3.8, 4) is 0 Å². The molecule has 0 aromatic carbocycles. The standard InChI is InChI=1S/C25H39N5O2/c1-8-11-14-18-19(9-2)28-24(26-7)22-23(18)30(20(10-3)29-22)16-13-12-15-27-17-21(31)32-25(4,5)6/h8-9,11,14,27H,10,12-13,15-17H2,1-7H3,(H,26,28)/b11-8-,18-14+,19-9+. The first-order valence-corrected chi connectivity index (χ1v) is 11.5. The van der Waals surface area contributed by atoms with Gasteiger partial charge in [-0.05, 0) is 54.0 Å². The van der Waals surface area contributed by atoms with Crippen LogP contribution in [0.1, 0.15) is 60.2 Å².